The van der Waals surface area contributed by atoms with Crippen molar-refractivity contribution in [2.75, 3.05) is 18.4 Å². The number of benzene rings is 1. The fourth-order valence-electron chi connectivity index (χ4n) is 2.82. The van der Waals surface area contributed by atoms with Crippen LogP contribution in [-0.4, -0.2) is 34.4 Å². The molecule has 0 atom stereocenters. The molecule has 28 heavy (non-hydrogen) atoms. The second-order valence-electron chi connectivity index (χ2n) is 6.43. The van der Waals surface area contributed by atoms with Gasteiger partial charge in [-0.25, -0.2) is 8.78 Å². The Morgan fingerprint density at radius 2 is 1.75 bits per heavy atom. The van der Waals surface area contributed by atoms with Gasteiger partial charge in [0.15, 0.2) is 0 Å². The van der Waals surface area contributed by atoms with Crippen LogP contribution in [0.2, 0.25) is 0 Å². The second-order valence-corrected chi connectivity index (χ2v) is 6.43. The molecule has 0 aliphatic carbocycles. The van der Waals surface area contributed by atoms with Crippen LogP contribution in [0.5, 0.6) is 0 Å². The van der Waals surface area contributed by atoms with Gasteiger partial charge in [0.25, 0.3) is 17.4 Å². The Bertz CT molecular complexity index is 935. The van der Waals surface area contributed by atoms with Crippen LogP contribution < -0.4 is 10.9 Å². The predicted molar refractivity (Wildman–Crippen MR) is 102 cm³/mol. The molecule has 1 heterocycles. The second kappa shape index (κ2) is 9.25. The van der Waals surface area contributed by atoms with Crippen molar-refractivity contribution in [3.63, 3.8) is 0 Å². The van der Waals surface area contributed by atoms with E-state index < -0.39 is 28.7 Å². The molecule has 8 heteroatoms. The molecule has 1 N–H and O–H groups in total. The van der Waals surface area contributed by atoms with Crippen LogP contribution in [0.1, 0.15) is 47.4 Å². The molecule has 0 fully saturated rings. The smallest absolute Gasteiger partial charge is 0.274 e. The van der Waals surface area contributed by atoms with E-state index in [-0.39, 0.29) is 17.2 Å². The summed E-state index contributed by atoms with van der Waals surface area (Å²) < 4.78 is 28.0. The van der Waals surface area contributed by atoms with Crippen molar-refractivity contribution in [3.05, 3.63) is 63.6 Å². The quantitative estimate of drug-likeness (QED) is 0.788. The van der Waals surface area contributed by atoms with Crippen LogP contribution in [0.15, 0.2) is 35.3 Å². The lowest BCUT2D eigenvalue weighted by molar-refractivity contribution is 0.0754. The molecule has 1 aromatic carbocycles. The third kappa shape index (κ3) is 4.82. The van der Waals surface area contributed by atoms with E-state index in [2.05, 4.69) is 5.32 Å². The largest absolute Gasteiger partial charge is 0.339 e. The van der Waals surface area contributed by atoms with E-state index in [1.54, 1.807) is 4.90 Å². The van der Waals surface area contributed by atoms with E-state index in [0.29, 0.717) is 19.2 Å². The SMILES string of the molecule is CCCN(CCC)C(=O)c1cc(NC(=O)c2ccc(F)cc2F)c(=O)n(C)c1. The van der Waals surface area contributed by atoms with Crippen molar-refractivity contribution >= 4 is 17.5 Å². The summed E-state index contributed by atoms with van der Waals surface area (Å²) in [6, 6.07) is 3.80. The molecule has 0 spiro atoms. The summed E-state index contributed by atoms with van der Waals surface area (Å²) in [6.45, 7) is 5.05. The average Bonchev–Trinajstić information content (AvgIpc) is 2.64. The summed E-state index contributed by atoms with van der Waals surface area (Å²) in [5, 5.41) is 2.32. The molecule has 1 aromatic heterocycles. The third-order valence-corrected chi connectivity index (χ3v) is 4.13. The molecule has 0 radical (unpaired) electrons. The molecule has 0 unspecified atom stereocenters. The molecule has 2 rings (SSSR count). The normalized spacial score (nSPS) is 10.6. The summed E-state index contributed by atoms with van der Waals surface area (Å²) in [7, 11) is 1.46. The molecule has 6 nitrogen and oxygen atoms in total. The number of pyridine rings is 1. The Labute approximate surface area is 161 Å². The molecular weight excluding hydrogens is 368 g/mol. The van der Waals surface area contributed by atoms with Gasteiger partial charge in [-0.05, 0) is 31.0 Å². The van der Waals surface area contributed by atoms with Gasteiger partial charge in [-0.1, -0.05) is 13.8 Å². The summed E-state index contributed by atoms with van der Waals surface area (Å²) in [5.74, 6) is -3.02. The van der Waals surface area contributed by atoms with Gasteiger partial charge in [0.1, 0.15) is 17.3 Å². The molecular formula is C20H23F2N3O3. The number of nitrogens with zero attached hydrogens (tertiary/aromatic N) is 2. The first kappa shape index (κ1) is 21.3. The third-order valence-electron chi connectivity index (χ3n) is 4.13. The Morgan fingerprint density at radius 3 is 2.32 bits per heavy atom. The summed E-state index contributed by atoms with van der Waals surface area (Å²) in [6.07, 6.45) is 2.97. The van der Waals surface area contributed by atoms with Crippen molar-refractivity contribution in [2.45, 2.75) is 26.7 Å². The van der Waals surface area contributed by atoms with Gasteiger partial charge in [0.2, 0.25) is 0 Å². The molecule has 150 valence electrons. The highest BCUT2D eigenvalue weighted by Gasteiger charge is 2.19. The maximum absolute atomic E-state index is 13.8. The molecule has 2 amide bonds. The van der Waals surface area contributed by atoms with Crippen LogP contribution in [0.4, 0.5) is 14.5 Å². The number of carbonyl (C=O) groups is 2. The Morgan fingerprint density at radius 1 is 1.11 bits per heavy atom. The number of amides is 2. The van der Waals surface area contributed by atoms with Gasteiger partial charge in [0.05, 0.1) is 11.1 Å². The average molecular weight is 391 g/mol. The van der Waals surface area contributed by atoms with E-state index in [9.17, 15) is 23.2 Å². The highest BCUT2D eigenvalue weighted by Crippen LogP contribution is 2.14. The number of nitrogens with one attached hydrogen (secondary N) is 1. The Kier molecular flexibility index (Phi) is 7.03. The van der Waals surface area contributed by atoms with E-state index in [1.807, 2.05) is 13.8 Å². The number of aromatic nitrogens is 1. The molecule has 0 saturated carbocycles. The van der Waals surface area contributed by atoms with Gasteiger partial charge in [-0.2, -0.15) is 0 Å². The van der Waals surface area contributed by atoms with E-state index in [0.717, 1.165) is 25.0 Å². The van der Waals surface area contributed by atoms with Crippen LogP contribution >= 0.6 is 0 Å². The summed E-state index contributed by atoms with van der Waals surface area (Å²) in [5.41, 5.74) is -0.877. The molecule has 0 aliphatic heterocycles. The number of halogens is 2. The number of carbonyl (C=O) groups excluding carboxylic acids is 2. The molecule has 0 bridgehead atoms. The zero-order chi connectivity index (χ0) is 20.8. The Hall–Kier alpha value is -3.03. The minimum atomic E-state index is -1.04. The fourth-order valence-corrected chi connectivity index (χ4v) is 2.82. The lowest BCUT2D eigenvalue weighted by Gasteiger charge is -2.22. The lowest BCUT2D eigenvalue weighted by atomic mass is 10.1. The highest BCUT2D eigenvalue weighted by molar-refractivity contribution is 6.05. The standard InChI is InChI=1S/C20H23F2N3O3/c1-4-8-25(9-5-2)19(27)13-10-17(20(28)24(3)12-13)23-18(26)15-7-6-14(21)11-16(15)22/h6-7,10-12H,4-5,8-9H2,1-3H3,(H,23,26). The van der Waals surface area contributed by atoms with E-state index in [1.165, 1.54) is 23.9 Å². The zero-order valence-corrected chi connectivity index (χ0v) is 16.1. The van der Waals surface area contributed by atoms with Crippen LogP contribution in [0.3, 0.4) is 0 Å². The minimum absolute atomic E-state index is 0.157. The van der Waals surface area contributed by atoms with Crippen LogP contribution in [0.25, 0.3) is 0 Å². The monoisotopic (exact) mass is 391 g/mol. The van der Waals surface area contributed by atoms with Gasteiger partial charge < -0.3 is 14.8 Å². The van der Waals surface area contributed by atoms with E-state index >= 15 is 0 Å². The summed E-state index contributed by atoms with van der Waals surface area (Å²) >= 11 is 0. The van der Waals surface area contributed by atoms with Crippen LogP contribution in [-0.2, 0) is 7.05 Å². The maximum atomic E-state index is 13.8. The van der Waals surface area contributed by atoms with Gasteiger partial charge in [0, 0.05) is 32.4 Å². The maximum Gasteiger partial charge on any atom is 0.274 e. The first-order valence-electron chi connectivity index (χ1n) is 9.04. The number of hydrogen-bond acceptors (Lipinski definition) is 3. The Balaban J connectivity index is 2.36. The number of anilines is 1. The van der Waals surface area contributed by atoms with Crippen LogP contribution in [0, 0.1) is 11.6 Å². The van der Waals surface area contributed by atoms with Crippen molar-refractivity contribution in [3.8, 4) is 0 Å². The van der Waals surface area contributed by atoms with E-state index in [4.69, 9.17) is 0 Å². The molecule has 0 saturated heterocycles. The highest BCUT2D eigenvalue weighted by atomic mass is 19.1. The van der Waals surface area contributed by atoms with Crippen molar-refractivity contribution in [1.29, 1.82) is 0 Å². The van der Waals surface area contributed by atoms with Gasteiger partial charge in [-0.3, -0.25) is 14.4 Å². The van der Waals surface area contributed by atoms with Crippen molar-refractivity contribution in [1.82, 2.24) is 9.47 Å². The zero-order valence-electron chi connectivity index (χ0n) is 16.1. The first-order chi connectivity index (χ1) is 13.3. The fraction of sp³-hybridized carbons (Fsp3) is 0.350. The summed E-state index contributed by atoms with van der Waals surface area (Å²) in [4.78, 5) is 39.1. The van der Waals surface area contributed by atoms with Gasteiger partial charge >= 0.3 is 0 Å². The van der Waals surface area contributed by atoms with Crippen molar-refractivity contribution < 1.29 is 18.4 Å². The lowest BCUT2D eigenvalue weighted by Crippen LogP contribution is -2.34. The first-order valence-corrected chi connectivity index (χ1v) is 9.04. The number of aryl methyl sites for hydroxylation is 1. The molecule has 2 aromatic rings. The number of hydrogen-bond donors (Lipinski definition) is 1. The topological polar surface area (TPSA) is 71.4 Å². The van der Waals surface area contributed by atoms with Gasteiger partial charge in [-0.15, -0.1) is 0 Å². The molecule has 0 aliphatic rings. The number of rotatable bonds is 7. The predicted octanol–water partition coefficient (Wildman–Crippen LogP) is 3.18. The van der Waals surface area contributed by atoms with Crippen molar-refractivity contribution in [2.24, 2.45) is 7.05 Å². The minimum Gasteiger partial charge on any atom is -0.339 e.